The standard InChI is InChI=1S/C20H32N2O3/c1-19(2,24)9-8-16-6-5-7-17(14-16)18(23)21-15-20(22(3)4)10-12-25-13-11-20/h5-7,14,24H,8-13,15H2,1-4H3,(H,21,23). The summed E-state index contributed by atoms with van der Waals surface area (Å²) < 4.78 is 5.48. The zero-order valence-electron chi connectivity index (χ0n) is 16.0. The van der Waals surface area contributed by atoms with E-state index in [4.69, 9.17) is 4.74 Å². The van der Waals surface area contributed by atoms with E-state index in [9.17, 15) is 9.90 Å². The zero-order valence-corrected chi connectivity index (χ0v) is 16.0. The normalized spacial score (nSPS) is 17.5. The van der Waals surface area contributed by atoms with Crippen LogP contribution in [-0.2, 0) is 11.2 Å². The maximum Gasteiger partial charge on any atom is 0.251 e. The fourth-order valence-electron chi connectivity index (χ4n) is 3.20. The number of benzene rings is 1. The van der Waals surface area contributed by atoms with Gasteiger partial charge in [0.25, 0.3) is 5.91 Å². The summed E-state index contributed by atoms with van der Waals surface area (Å²) in [6, 6.07) is 7.68. The van der Waals surface area contributed by atoms with Gasteiger partial charge in [-0.05, 0) is 71.3 Å². The SMILES string of the molecule is CN(C)C1(CNC(=O)c2cccc(CCC(C)(C)O)c2)CCOCC1. The monoisotopic (exact) mass is 348 g/mol. The molecule has 0 atom stereocenters. The summed E-state index contributed by atoms with van der Waals surface area (Å²) in [4.78, 5) is 14.8. The molecule has 0 radical (unpaired) electrons. The highest BCUT2D eigenvalue weighted by Gasteiger charge is 2.35. The second kappa shape index (κ2) is 8.30. The number of carbonyl (C=O) groups excluding carboxylic acids is 1. The van der Waals surface area contributed by atoms with Crippen LogP contribution in [0.15, 0.2) is 24.3 Å². The van der Waals surface area contributed by atoms with Crippen LogP contribution in [0.5, 0.6) is 0 Å². The van der Waals surface area contributed by atoms with Crippen LogP contribution in [0.3, 0.4) is 0 Å². The molecule has 5 heteroatoms. The molecule has 5 nitrogen and oxygen atoms in total. The number of hydrogen-bond acceptors (Lipinski definition) is 4. The molecule has 1 amide bonds. The Morgan fingerprint density at radius 3 is 2.60 bits per heavy atom. The summed E-state index contributed by atoms with van der Waals surface area (Å²) in [6.45, 7) is 5.70. The third-order valence-corrected chi connectivity index (χ3v) is 5.16. The predicted molar refractivity (Wildman–Crippen MR) is 99.9 cm³/mol. The molecule has 0 unspecified atom stereocenters. The van der Waals surface area contributed by atoms with Gasteiger partial charge in [0.05, 0.1) is 5.60 Å². The highest BCUT2D eigenvalue weighted by atomic mass is 16.5. The van der Waals surface area contributed by atoms with Crippen LogP contribution in [0.2, 0.25) is 0 Å². The van der Waals surface area contributed by atoms with Crippen molar-refractivity contribution >= 4 is 5.91 Å². The first-order chi connectivity index (χ1) is 11.7. The largest absolute Gasteiger partial charge is 0.390 e. The summed E-state index contributed by atoms with van der Waals surface area (Å²) in [5, 5.41) is 13.0. The van der Waals surface area contributed by atoms with Crippen LogP contribution in [0.1, 0.15) is 49.0 Å². The van der Waals surface area contributed by atoms with Crippen LogP contribution in [0.25, 0.3) is 0 Å². The fraction of sp³-hybridized carbons (Fsp3) is 0.650. The maximum absolute atomic E-state index is 12.6. The number of nitrogens with one attached hydrogen (secondary N) is 1. The molecule has 1 heterocycles. The maximum atomic E-state index is 12.6. The van der Waals surface area contributed by atoms with Gasteiger partial charge in [0.15, 0.2) is 0 Å². The predicted octanol–water partition coefficient (Wildman–Crippen LogP) is 2.23. The third kappa shape index (κ3) is 5.80. The van der Waals surface area contributed by atoms with Crippen molar-refractivity contribution < 1.29 is 14.6 Å². The molecular formula is C20H32N2O3. The van der Waals surface area contributed by atoms with Crippen LogP contribution in [0.4, 0.5) is 0 Å². The molecule has 1 aliphatic rings. The molecule has 1 fully saturated rings. The van der Waals surface area contributed by atoms with Gasteiger partial charge < -0.3 is 20.1 Å². The Kier molecular flexibility index (Phi) is 6.60. The summed E-state index contributed by atoms with van der Waals surface area (Å²) in [5.41, 5.74) is 1.02. The molecule has 25 heavy (non-hydrogen) atoms. The van der Waals surface area contributed by atoms with Crippen molar-refractivity contribution in [1.82, 2.24) is 10.2 Å². The summed E-state index contributed by atoms with van der Waals surface area (Å²) in [5.74, 6) is -0.0437. The molecule has 0 aromatic heterocycles. The third-order valence-electron chi connectivity index (χ3n) is 5.16. The van der Waals surface area contributed by atoms with Gasteiger partial charge >= 0.3 is 0 Å². The zero-order chi connectivity index (χ0) is 18.5. The van der Waals surface area contributed by atoms with Crippen molar-refractivity contribution in [3.05, 3.63) is 35.4 Å². The molecular weight excluding hydrogens is 316 g/mol. The lowest BCUT2D eigenvalue weighted by Crippen LogP contribution is -2.55. The molecule has 0 spiro atoms. The van der Waals surface area contributed by atoms with E-state index in [0.29, 0.717) is 18.5 Å². The second-order valence-electron chi connectivity index (χ2n) is 7.93. The van der Waals surface area contributed by atoms with E-state index in [0.717, 1.165) is 38.0 Å². The molecule has 2 rings (SSSR count). The number of nitrogens with zero attached hydrogens (tertiary/aromatic N) is 1. The molecule has 0 saturated carbocycles. The minimum atomic E-state index is -0.695. The molecule has 0 aliphatic carbocycles. The van der Waals surface area contributed by atoms with Crippen molar-refractivity contribution in [2.24, 2.45) is 0 Å². The lowest BCUT2D eigenvalue weighted by Gasteiger charge is -2.42. The Hall–Kier alpha value is -1.43. The first-order valence-electron chi connectivity index (χ1n) is 9.07. The van der Waals surface area contributed by atoms with Crippen molar-refractivity contribution in [3.8, 4) is 0 Å². The van der Waals surface area contributed by atoms with Gasteiger partial charge in [0, 0.05) is 30.9 Å². The van der Waals surface area contributed by atoms with E-state index in [1.807, 2.05) is 24.3 Å². The number of likely N-dealkylation sites (N-methyl/N-ethyl adjacent to an activating group) is 1. The van der Waals surface area contributed by atoms with E-state index in [-0.39, 0.29) is 11.4 Å². The Morgan fingerprint density at radius 2 is 2.00 bits per heavy atom. The van der Waals surface area contributed by atoms with Crippen molar-refractivity contribution in [2.75, 3.05) is 33.9 Å². The number of hydrogen-bond donors (Lipinski definition) is 2. The number of rotatable bonds is 7. The van der Waals surface area contributed by atoms with Crippen molar-refractivity contribution in [3.63, 3.8) is 0 Å². The Labute approximate surface area is 151 Å². The molecule has 1 aromatic rings. The first kappa shape index (κ1) is 19.9. The van der Waals surface area contributed by atoms with Gasteiger partial charge in [-0.15, -0.1) is 0 Å². The molecule has 1 aliphatic heterocycles. The summed E-state index contributed by atoms with van der Waals surface area (Å²) in [6.07, 6.45) is 3.27. The van der Waals surface area contributed by atoms with Crippen LogP contribution < -0.4 is 5.32 Å². The van der Waals surface area contributed by atoms with Crippen LogP contribution in [-0.4, -0.2) is 60.9 Å². The molecule has 1 aromatic carbocycles. The van der Waals surface area contributed by atoms with E-state index >= 15 is 0 Å². The van der Waals surface area contributed by atoms with Gasteiger partial charge in [0.2, 0.25) is 0 Å². The van der Waals surface area contributed by atoms with Crippen LogP contribution >= 0.6 is 0 Å². The van der Waals surface area contributed by atoms with Gasteiger partial charge in [-0.1, -0.05) is 12.1 Å². The van der Waals surface area contributed by atoms with E-state index < -0.39 is 5.60 Å². The first-order valence-corrected chi connectivity index (χ1v) is 9.07. The van der Waals surface area contributed by atoms with Crippen LogP contribution in [0, 0.1) is 0 Å². The highest BCUT2D eigenvalue weighted by Crippen LogP contribution is 2.25. The number of aliphatic hydroxyl groups is 1. The van der Waals surface area contributed by atoms with E-state index in [2.05, 4.69) is 24.3 Å². The Morgan fingerprint density at radius 1 is 1.32 bits per heavy atom. The highest BCUT2D eigenvalue weighted by molar-refractivity contribution is 5.94. The summed E-state index contributed by atoms with van der Waals surface area (Å²) in [7, 11) is 4.13. The molecule has 1 saturated heterocycles. The molecule has 2 N–H and O–H groups in total. The molecule has 140 valence electrons. The van der Waals surface area contributed by atoms with Gasteiger partial charge in [-0.25, -0.2) is 0 Å². The Balaban J connectivity index is 1.98. The number of aryl methyl sites for hydroxylation is 1. The average Bonchev–Trinajstić information content (AvgIpc) is 2.58. The van der Waals surface area contributed by atoms with E-state index in [1.54, 1.807) is 13.8 Å². The second-order valence-corrected chi connectivity index (χ2v) is 7.93. The number of carbonyl (C=O) groups is 1. The Bertz CT molecular complexity index is 573. The lowest BCUT2D eigenvalue weighted by molar-refractivity contribution is -0.00658. The van der Waals surface area contributed by atoms with Crippen molar-refractivity contribution in [2.45, 2.75) is 50.7 Å². The van der Waals surface area contributed by atoms with E-state index in [1.165, 1.54) is 0 Å². The molecule has 0 bridgehead atoms. The minimum Gasteiger partial charge on any atom is -0.390 e. The fourth-order valence-corrected chi connectivity index (χ4v) is 3.20. The summed E-state index contributed by atoms with van der Waals surface area (Å²) >= 11 is 0. The quantitative estimate of drug-likeness (QED) is 0.793. The lowest BCUT2D eigenvalue weighted by atomic mass is 9.88. The van der Waals surface area contributed by atoms with Gasteiger partial charge in [0.1, 0.15) is 0 Å². The number of amides is 1. The van der Waals surface area contributed by atoms with Crippen molar-refractivity contribution in [1.29, 1.82) is 0 Å². The topological polar surface area (TPSA) is 61.8 Å². The smallest absolute Gasteiger partial charge is 0.251 e. The average molecular weight is 348 g/mol. The number of ether oxygens (including phenoxy) is 1. The van der Waals surface area contributed by atoms with Gasteiger partial charge in [-0.2, -0.15) is 0 Å². The van der Waals surface area contributed by atoms with Gasteiger partial charge in [-0.3, -0.25) is 4.79 Å². The minimum absolute atomic E-state index is 0.0353.